The molecule has 3 unspecified atom stereocenters. The van der Waals surface area contributed by atoms with Crippen molar-refractivity contribution in [3.05, 3.63) is 0 Å². The number of rotatable bonds is 5. The minimum absolute atomic E-state index is 0.106. The van der Waals surface area contributed by atoms with Crippen molar-refractivity contribution in [2.24, 2.45) is 11.7 Å². The van der Waals surface area contributed by atoms with E-state index in [1.165, 1.54) is 25.8 Å². The molecule has 1 aliphatic carbocycles. The van der Waals surface area contributed by atoms with Gasteiger partial charge in [0.25, 0.3) is 0 Å². The third-order valence-electron chi connectivity index (χ3n) is 4.47. The highest BCUT2D eigenvalue weighted by Crippen LogP contribution is 2.42. The third kappa shape index (κ3) is 1.81. The Balaban J connectivity index is 2.10. The van der Waals surface area contributed by atoms with Crippen LogP contribution in [0.4, 0.5) is 0 Å². The van der Waals surface area contributed by atoms with Crippen LogP contribution in [0.25, 0.3) is 0 Å². The first kappa shape index (κ1) is 11.4. The maximum atomic E-state index is 5.99. The molecule has 1 saturated carbocycles. The van der Waals surface area contributed by atoms with Crippen LogP contribution in [0.3, 0.4) is 0 Å². The number of fused-ring (bicyclic) bond motifs is 2. The Labute approximate surface area is 93.0 Å². The SMILES string of the molecule is CCC(CN)(COC)N1CC2CCC1C2. The largest absolute Gasteiger partial charge is 0.383 e. The average Bonchev–Trinajstić information content (AvgIpc) is 2.88. The zero-order valence-electron chi connectivity index (χ0n) is 10.0. The quantitative estimate of drug-likeness (QED) is 0.745. The molecule has 1 aliphatic heterocycles. The number of nitrogens with zero attached hydrogens (tertiary/aromatic N) is 1. The van der Waals surface area contributed by atoms with Crippen LogP contribution in [0.1, 0.15) is 32.6 Å². The van der Waals surface area contributed by atoms with E-state index in [4.69, 9.17) is 10.5 Å². The lowest BCUT2D eigenvalue weighted by Crippen LogP contribution is -2.59. The Kier molecular flexibility index (Phi) is 3.33. The molecule has 2 bridgehead atoms. The number of hydrogen-bond acceptors (Lipinski definition) is 3. The van der Waals surface area contributed by atoms with Crippen LogP contribution in [0.5, 0.6) is 0 Å². The summed E-state index contributed by atoms with van der Waals surface area (Å²) in [5.41, 5.74) is 6.10. The van der Waals surface area contributed by atoms with Crippen LogP contribution in [-0.2, 0) is 4.74 Å². The van der Waals surface area contributed by atoms with Gasteiger partial charge in [0.15, 0.2) is 0 Å². The van der Waals surface area contributed by atoms with Gasteiger partial charge >= 0.3 is 0 Å². The summed E-state index contributed by atoms with van der Waals surface area (Å²) in [5.74, 6) is 0.935. The first-order chi connectivity index (χ1) is 7.25. The van der Waals surface area contributed by atoms with E-state index < -0.39 is 0 Å². The zero-order chi connectivity index (χ0) is 10.9. The molecule has 0 radical (unpaired) electrons. The van der Waals surface area contributed by atoms with E-state index in [2.05, 4.69) is 11.8 Å². The predicted molar refractivity (Wildman–Crippen MR) is 61.8 cm³/mol. The van der Waals surface area contributed by atoms with Crippen molar-refractivity contribution in [3.8, 4) is 0 Å². The molecule has 88 valence electrons. The van der Waals surface area contributed by atoms with Crippen LogP contribution in [0.15, 0.2) is 0 Å². The van der Waals surface area contributed by atoms with Crippen molar-refractivity contribution in [1.82, 2.24) is 4.90 Å². The monoisotopic (exact) mass is 212 g/mol. The van der Waals surface area contributed by atoms with Gasteiger partial charge in [-0.15, -0.1) is 0 Å². The maximum Gasteiger partial charge on any atom is 0.0659 e. The normalized spacial score (nSPS) is 34.6. The van der Waals surface area contributed by atoms with Gasteiger partial charge in [-0.2, -0.15) is 0 Å². The molecule has 15 heavy (non-hydrogen) atoms. The molecule has 2 aliphatic rings. The maximum absolute atomic E-state index is 5.99. The summed E-state index contributed by atoms with van der Waals surface area (Å²) in [6.07, 6.45) is 5.29. The van der Waals surface area contributed by atoms with Gasteiger partial charge in [-0.3, -0.25) is 4.90 Å². The molecule has 0 aromatic heterocycles. The molecule has 0 aromatic rings. The summed E-state index contributed by atoms with van der Waals surface area (Å²) in [6, 6.07) is 0.786. The number of likely N-dealkylation sites (tertiary alicyclic amines) is 1. The molecule has 0 spiro atoms. The third-order valence-corrected chi connectivity index (χ3v) is 4.47. The van der Waals surface area contributed by atoms with E-state index >= 15 is 0 Å². The lowest BCUT2D eigenvalue weighted by Gasteiger charge is -2.44. The summed E-state index contributed by atoms with van der Waals surface area (Å²) < 4.78 is 5.39. The van der Waals surface area contributed by atoms with Gasteiger partial charge in [0.05, 0.1) is 12.1 Å². The fourth-order valence-electron chi connectivity index (χ4n) is 3.48. The van der Waals surface area contributed by atoms with Crippen molar-refractivity contribution < 1.29 is 4.74 Å². The first-order valence-corrected chi connectivity index (χ1v) is 6.21. The fourth-order valence-corrected chi connectivity index (χ4v) is 3.48. The summed E-state index contributed by atoms with van der Waals surface area (Å²) in [4.78, 5) is 2.64. The average molecular weight is 212 g/mol. The van der Waals surface area contributed by atoms with Crippen molar-refractivity contribution in [2.75, 3.05) is 26.8 Å². The Morgan fingerprint density at radius 1 is 1.47 bits per heavy atom. The Morgan fingerprint density at radius 2 is 2.27 bits per heavy atom. The molecule has 1 saturated heterocycles. The smallest absolute Gasteiger partial charge is 0.0659 e. The van der Waals surface area contributed by atoms with Gasteiger partial charge in [-0.1, -0.05) is 6.92 Å². The second kappa shape index (κ2) is 4.40. The van der Waals surface area contributed by atoms with E-state index in [-0.39, 0.29) is 5.54 Å². The Bertz CT molecular complexity index is 216. The minimum Gasteiger partial charge on any atom is -0.383 e. The molecule has 3 nitrogen and oxygen atoms in total. The standard InChI is InChI=1S/C12H24N2O/c1-3-12(8-13,9-15-2)14-7-10-4-5-11(14)6-10/h10-11H,3-9,13H2,1-2H3. The summed E-state index contributed by atoms with van der Waals surface area (Å²) >= 11 is 0. The molecule has 2 rings (SSSR count). The van der Waals surface area contributed by atoms with E-state index in [1.807, 2.05) is 0 Å². The summed E-state index contributed by atoms with van der Waals surface area (Å²) in [6.45, 7) is 4.99. The molecular weight excluding hydrogens is 188 g/mol. The van der Waals surface area contributed by atoms with Crippen LogP contribution in [0, 0.1) is 5.92 Å². The number of nitrogens with two attached hydrogens (primary N) is 1. The minimum atomic E-state index is 0.106. The number of hydrogen-bond donors (Lipinski definition) is 1. The molecule has 0 amide bonds. The predicted octanol–water partition coefficient (Wildman–Crippen LogP) is 1.22. The van der Waals surface area contributed by atoms with E-state index in [1.54, 1.807) is 7.11 Å². The van der Waals surface area contributed by atoms with E-state index in [9.17, 15) is 0 Å². The van der Waals surface area contributed by atoms with Gasteiger partial charge < -0.3 is 10.5 Å². The van der Waals surface area contributed by atoms with Gasteiger partial charge in [0.1, 0.15) is 0 Å². The van der Waals surface area contributed by atoms with Crippen LogP contribution >= 0.6 is 0 Å². The second-order valence-electron chi connectivity index (χ2n) is 5.20. The van der Waals surface area contributed by atoms with Gasteiger partial charge in [-0.25, -0.2) is 0 Å². The molecule has 2 fully saturated rings. The number of piperidine rings is 1. The van der Waals surface area contributed by atoms with E-state index in [0.29, 0.717) is 0 Å². The van der Waals surface area contributed by atoms with Gasteiger partial charge in [0, 0.05) is 26.2 Å². The van der Waals surface area contributed by atoms with Crippen molar-refractivity contribution in [3.63, 3.8) is 0 Å². The fraction of sp³-hybridized carbons (Fsp3) is 1.00. The summed E-state index contributed by atoms with van der Waals surface area (Å²) in [5, 5.41) is 0. The van der Waals surface area contributed by atoms with Crippen molar-refractivity contribution >= 4 is 0 Å². The molecule has 3 heteroatoms. The molecule has 3 atom stereocenters. The molecule has 2 N–H and O–H groups in total. The Morgan fingerprint density at radius 3 is 2.67 bits per heavy atom. The highest BCUT2D eigenvalue weighted by molar-refractivity contribution is 5.02. The van der Waals surface area contributed by atoms with Crippen molar-refractivity contribution in [1.29, 1.82) is 0 Å². The van der Waals surface area contributed by atoms with Crippen LogP contribution < -0.4 is 5.73 Å². The van der Waals surface area contributed by atoms with Gasteiger partial charge in [-0.05, 0) is 31.6 Å². The highest BCUT2D eigenvalue weighted by Gasteiger charge is 2.46. The lowest BCUT2D eigenvalue weighted by molar-refractivity contribution is -0.00655. The number of ether oxygens (including phenoxy) is 1. The molecule has 0 aromatic carbocycles. The lowest BCUT2D eigenvalue weighted by atomic mass is 9.92. The highest BCUT2D eigenvalue weighted by atomic mass is 16.5. The topological polar surface area (TPSA) is 38.5 Å². The first-order valence-electron chi connectivity index (χ1n) is 6.21. The second-order valence-corrected chi connectivity index (χ2v) is 5.20. The van der Waals surface area contributed by atoms with Crippen molar-refractivity contribution in [2.45, 2.75) is 44.2 Å². The molecular formula is C12H24N2O. The Hall–Kier alpha value is -0.120. The summed E-state index contributed by atoms with van der Waals surface area (Å²) in [7, 11) is 1.79. The zero-order valence-corrected chi connectivity index (χ0v) is 10.0. The van der Waals surface area contributed by atoms with E-state index in [0.717, 1.165) is 31.5 Å². The van der Waals surface area contributed by atoms with Crippen LogP contribution in [0.2, 0.25) is 0 Å². The van der Waals surface area contributed by atoms with Crippen LogP contribution in [-0.4, -0.2) is 43.3 Å². The van der Waals surface area contributed by atoms with Gasteiger partial charge in [0.2, 0.25) is 0 Å². The molecule has 1 heterocycles. The number of methoxy groups -OCH3 is 1.